The molecule has 6 heteroatoms. The highest BCUT2D eigenvalue weighted by molar-refractivity contribution is 5.86. The second-order valence-electron chi connectivity index (χ2n) is 1.22. The second-order valence-corrected chi connectivity index (χ2v) is 1.22. The first kappa shape index (κ1) is 16.5. The largest absolute Gasteiger partial charge is 0.388 e. The lowest BCUT2D eigenvalue weighted by molar-refractivity contribution is -0.130. The molecule has 1 rings (SSSR count). The molecule has 1 amide bonds. The number of amides is 1. The smallest absolute Gasteiger partial charge is 0.256 e. The first-order valence-corrected chi connectivity index (χ1v) is 1.99. The SMILES string of the molecule is Cl.Cl.Cl.O=C1CC=CON1. The molecule has 1 aliphatic rings. The van der Waals surface area contributed by atoms with Gasteiger partial charge in [-0.1, -0.05) is 0 Å². The molecule has 0 radical (unpaired) electrons. The molecular formula is C4H8Cl3NO2. The van der Waals surface area contributed by atoms with E-state index < -0.39 is 0 Å². The predicted molar refractivity (Wildman–Crippen MR) is 44.7 cm³/mol. The third kappa shape index (κ3) is 6.01. The first-order chi connectivity index (χ1) is 3.39. The maximum atomic E-state index is 10.2. The van der Waals surface area contributed by atoms with E-state index in [0.29, 0.717) is 6.42 Å². The van der Waals surface area contributed by atoms with E-state index in [4.69, 9.17) is 0 Å². The highest BCUT2D eigenvalue weighted by Crippen LogP contribution is 1.88. The molecule has 3 nitrogen and oxygen atoms in total. The molecule has 1 aliphatic heterocycles. The minimum Gasteiger partial charge on any atom is -0.388 e. The quantitative estimate of drug-likeness (QED) is 0.650. The molecule has 0 aliphatic carbocycles. The van der Waals surface area contributed by atoms with Crippen LogP contribution in [0, 0.1) is 0 Å². The third-order valence-corrected chi connectivity index (χ3v) is 0.640. The highest BCUT2D eigenvalue weighted by atomic mass is 35.5. The zero-order valence-electron chi connectivity index (χ0n) is 4.90. The third-order valence-electron chi connectivity index (χ3n) is 0.640. The number of halogens is 3. The van der Waals surface area contributed by atoms with Gasteiger partial charge in [-0.3, -0.25) is 4.79 Å². The van der Waals surface area contributed by atoms with Crippen molar-refractivity contribution in [3.63, 3.8) is 0 Å². The monoisotopic (exact) mass is 207 g/mol. The molecule has 0 saturated heterocycles. The number of hydroxylamine groups is 1. The number of rotatable bonds is 0. The van der Waals surface area contributed by atoms with Gasteiger partial charge in [0.15, 0.2) is 0 Å². The summed E-state index contributed by atoms with van der Waals surface area (Å²) in [4.78, 5) is 14.6. The van der Waals surface area contributed by atoms with Crippen LogP contribution in [0.5, 0.6) is 0 Å². The van der Waals surface area contributed by atoms with Gasteiger partial charge >= 0.3 is 0 Å². The zero-order chi connectivity index (χ0) is 5.11. The number of hydrogen-bond acceptors (Lipinski definition) is 2. The van der Waals surface area contributed by atoms with Crippen molar-refractivity contribution >= 4 is 43.1 Å². The molecule has 62 valence electrons. The molecule has 0 aromatic heterocycles. The van der Waals surface area contributed by atoms with Crippen LogP contribution in [-0.4, -0.2) is 5.91 Å². The summed E-state index contributed by atoms with van der Waals surface area (Å²) in [6, 6.07) is 0. The van der Waals surface area contributed by atoms with Crippen molar-refractivity contribution in [2.45, 2.75) is 6.42 Å². The molecular weight excluding hydrogens is 200 g/mol. The summed E-state index contributed by atoms with van der Waals surface area (Å²) >= 11 is 0. The van der Waals surface area contributed by atoms with E-state index in [1.807, 2.05) is 0 Å². The number of carbonyl (C=O) groups is 1. The Bertz CT molecular complexity index is 117. The van der Waals surface area contributed by atoms with Gasteiger partial charge in [0.05, 0.1) is 6.42 Å². The average Bonchev–Trinajstić information content (AvgIpc) is 1.69. The van der Waals surface area contributed by atoms with Crippen molar-refractivity contribution in [1.29, 1.82) is 0 Å². The molecule has 0 fully saturated rings. The highest BCUT2D eigenvalue weighted by Gasteiger charge is 1.98. The van der Waals surface area contributed by atoms with Crippen LogP contribution in [0.3, 0.4) is 0 Å². The normalized spacial score (nSPS) is 12.6. The summed E-state index contributed by atoms with van der Waals surface area (Å²) in [6.45, 7) is 0. The summed E-state index contributed by atoms with van der Waals surface area (Å²) in [5, 5.41) is 0. The van der Waals surface area contributed by atoms with Crippen LogP contribution in [0.4, 0.5) is 0 Å². The summed E-state index contributed by atoms with van der Waals surface area (Å²) < 4.78 is 0. The van der Waals surface area contributed by atoms with E-state index in [1.165, 1.54) is 6.26 Å². The maximum absolute atomic E-state index is 10.2. The maximum Gasteiger partial charge on any atom is 0.256 e. The van der Waals surface area contributed by atoms with Crippen LogP contribution < -0.4 is 5.48 Å². The second kappa shape index (κ2) is 8.88. The Morgan fingerprint density at radius 1 is 1.40 bits per heavy atom. The van der Waals surface area contributed by atoms with Crippen molar-refractivity contribution in [3.8, 4) is 0 Å². The lowest BCUT2D eigenvalue weighted by Crippen LogP contribution is -2.22. The average molecular weight is 208 g/mol. The predicted octanol–water partition coefficient (Wildman–Crippen LogP) is 1.22. The van der Waals surface area contributed by atoms with Crippen molar-refractivity contribution < 1.29 is 9.63 Å². The van der Waals surface area contributed by atoms with E-state index in [0.717, 1.165) is 0 Å². The summed E-state index contributed by atoms with van der Waals surface area (Å²) in [5.41, 5.74) is 2.16. The van der Waals surface area contributed by atoms with Gasteiger partial charge in [0.1, 0.15) is 6.26 Å². The van der Waals surface area contributed by atoms with Crippen LogP contribution in [0.1, 0.15) is 6.42 Å². The van der Waals surface area contributed by atoms with Gasteiger partial charge in [0.25, 0.3) is 5.91 Å². The molecule has 0 atom stereocenters. The topological polar surface area (TPSA) is 38.3 Å². The number of carbonyl (C=O) groups excluding carboxylic acids is 1. The molecule has 0 bridgehead atoms. The van der Waals surface area contributed by atoms with Gasteiger partial charge in [0.2, 0.25) is 0 Å². The van der Waals surface area contributed by atoms with Crippen molar-refractivity contribution in [2.75, 3.05) is 0 Å². The Labute approximate surface area is 77.4 Å². The van der Waals surface area contributed by atoms with Crippen LogP contribution in [0.15, 0.2) is 12.3 Å². The molecule has 1 N–H and O–H groups in total. The Kier molecular flexibility index (Phi) is 14.6. The minimum atomic E-state index is -0.0949. The molecule has 0 unspecified atom stereocenters. The lowest BCUT2D eigenvalue weighted by Gasteiger charge is -2.03. The van der Waals surface area contributed by atoms with Gasteiger partial charge in [-0.2, -0.15) is 5.48 Å². The van der Waals surface area contributed by atoms with Crippen molar-refractivity contribution in [1.82, 2.24) is 5.48 Å². The minimum absolute atomic E-state index is 0. The molecule has 1 heterocycles. The Morgan fingerprint density at radius 3 is 2.20 bits per heavy atom. The lowest BCUT2D eigenvalue weighted by atomic mass is 10.4. The molecule has 0 saturated carbocycles. The fraction of sp³-hybridized carbons (Fsp3) is 0.250. The molecule has 0 aromatic carbocycles. The van der Waals surface area contributed by atoms with Gasteiger partial charge in [-0.25, -0.2) is 0 Å². The van der Waals surface area contributed by atoms with Gasteiger partial charge in [-0.15, -0.1) is 37.2 Å². The Hall–Kier alpha value is -0.120. The fourth-order valence-corrected chi connectivity index (χ4v) is 0.345. The van der Waals surface area contributed by atoms with Crippen LogP contribution in [0.25, 0.3) is 0 Å². The zero-order valence-corrected chi connectivity index (χ0v) is 7.35. The van der Waals surface area contributed by atoms with Gasteiger partial charge < -0.3 is 4.84 Å². The Balaban J connectivity index is -0.000000163. The summed E-state index contributed by atoms with van der Waals surface area (Å²) in [7, 11) is 0. The van der Waals surface area contributed by atoms with Crippen molar-refractivity contribution in [3.05, 3.63) is 12.3 Å². The van der Waals surface area contributed by atoms with E-state index >= 15 is 0 Å². The van der Waals surface area contributed by atoms with E-state index in [1.54, 1.807) is 6.08 Å². The molecule has 10 heavy (non-hydrogen) atoms. The standard InChI is InChI=1S/C4H5NO2.3ClH/c6-4-2-1-3-7-5-4;;;/h1,3H,2H2,(H,5,6);3*1H. The van der Waals surface area contributed by atoms with E-state index in [2.05, 4.69) is 10.3 Å². The molecule has 0 spiro atoms. The number of hydrogen-bond donors (Lipinski definition) is 1. The van der Waals surface area contributed by atoms with E-state index in [9.17, 15) is 4.79 Å². The van der Waals surface area contributed by atoms with Crippen LogP contribution >= 0.6 is 37.2 Å². The number of nitrogens with one attached hydrogen (secondary N) is 1. The van der Waals surface area contributed by atoms with E-state index in [-0.39, 0.29) is 43.1 Å². The van der Waals surface area contributed by atoms with Crippen LogP contribution in [0.2, 0.25) is 0 Å². The first-order valence-electron chi connectivity index (χ1n) is 1.99. The van der Waals surface area contributed by atoms with Gasteiger partial charge in [-0.05, 0) is 6.08 Å². The molecule has 0 aromatic rings. The summed E-state index contributed by atoms with van der Waals surface area (Å²) in [5.74, 6) is -0.0949. The van der Waals surface area contributed by atoms with Gasteiger partial charge in [0, 0.05) is 0 Å². The van der Waals surface area contributed by atoms with Crippen molar-refractivity contribution in [2.24, 2.45) is 0 Å². The fourth-order valence-electron chi connectivity index (χ4n) is 0.345. The van der Waals surface area contributed by atoms with Crippen LogP contribution in [-0.2, 0) is 9.63 Å². The Morgan fingerprint density at radius 2 is 2.00 bits per heavy atom. The summed E-state index contributed by atoms with van der Waals surface area (Å²) in [6.07, 6.45) is 3.53.